The van der Waals surface area contributed by atoms with Crippen molar-refractivity contribution in [3.05, 3.63) is 11.6 Å². The predicted octanol–water partition coefficient (Wildman–Crippen LogP) is 3.87. The van der Waals surface area contributed by atoms with Crippen LogP contribution in [-0.4, -0.2) is 23.8 Å². The van der Waals surface area contributed by atoms with E-state index < -0.39 is 0 Å². The molecule has 2 heterocycles. The van der Waals surface area contributed by atoms with Crippen LogP contribution in [0.4, 0.5) is 0 Å². The molecule has 0 aromatic rings. The Balaban J connectivity index is 1.61. The lowest BCUT2D eigenvalue weighted by Gasteiger charge is -2.55. The lowest BCUT2D eigenvalue weighted by atomic mass is 9.46. The van der Waals surface area contributed by atoms with E-state index in [1.807, 2.05) is 0 Å². The minimum atomic E-state index is -0.267. The van der Waals surface area contributed by atoms with Crippen molar-refractivity contribution < 1.29 is 14.3 Å². The number of hydrogen-bond donors (Lipinski definition) is 0. The first-order valence-electron chi connectivity index (χ1n) is 9.43. The Morgan fingerprint density at radius 2 is 2.00 bits per heavy atom. The van der Waals surface area contributed by atoms with Gasteiger partial charge < -0.3 is 9.47 Å². The zero-order valence-electron chi connectivity index (χ0n) is 14.7. The Hall–Kier alpha value is -0.830. The maximum absolute atomic E-state index is 12.6. The summed E-state index contributed by atoms with van der Waals surface area (Å²) in [4.78, 5) is 12.6. The van der Waals surface area contributed by atoms with Crippen LogP contribution >= 0.6 is 0 Å². The summed E-state index contributed by atoms with van der Waals surface area (Å²) in [6.45, 7) is 9.15. The fourth-order valence-electron chi connectivity index (χ4n) is 6.97. The first-order chi connectivity index (χ1) is 10.8. The average molecular weight is 316 g/mol. The van der Waals surface area contributed by atoms with Gasteiger partial charge in [-0.15, -0.1) is 0 Å². The number of epoxide rings is 1. The zero-order chi connectivity index (χ0) is 16.2. The highest BCUT2D eigenvalue weighted by Gasteiger charge is 2.71. The van der Waals surface area contributed by atoms with Gasteiger partial charge in [0, 0.05) is 5.92 Å². The van der Waals surface area contributed by atoms with E-state index in [0.717, 1.165) is 12.8 Å². The molecule has 0 unspecified atom stereocenters. The normalized spacial score (nSPS) is 56.4. The largest absolute Gasteiger partial charge is 0.457 e. The zero-order valence-corrected chi connectivity index (χ0v) is 14.7. The number of rotatable bonds is 1. The molecular weight excluding hydrogens is 288 g/mol. The van der Waals surface area contributed by atoms with Gasteiger partial charge in [-0.1, -0.05) is 27.2 Å². The molecule has 0 N–H and O–H groups in total. The third-order valence-corrected chi connectivity index (χ3v) is 8.23. The maximum atomic E-state index is 12.6. The van der Waals surface area contributed by atoms with Crippen molar-refractivity contribution in [3.63, 3.8) is 0 Å². The predicted molar refractivity (Wildman–Crippen MR) is 86.7 cm³/mol. The highest BCUT2D eigenvalue weighted by molar-refractivity contribution is 5.80. The molecule has 4 fully saturated rings. The van der Waals surface area contributed by atoms with Crippen molar-refractivity contribution in [2.45, 2.75) is 77.6 Å². The molecule has 2 aliphatic heterocycles. The molecule has 126 valence electrons. The van der Waals surface area contributed by atoms with Crippen molar-refractivity contribution in [2.24, 2.45) is 28.6 Å². The molecule has 0 aromatic carbocycles. The molecule has 23 heavy (non-hydrogen) atoms. The van der Waals surface area contributed by atoms with Gasteiger partial charge in [-0.3, -0.25) is 4.79 Å². The van der Waals surface area contributed by atoms with E-state index >= 15 is 0 Å². The van der Waals surface area contributed by atoms with Crippen LogP contribution in [0.1, 0.15) is 59.8 Å². The molecule has 2 saturated heterocycles. The first kappa shape index (κ1) is 14.5. The van der Waals surface area contributed by atoms with Crippen LogP contribution in [-0.2, 0) is 14.3 Å². The molecule has 0 spiro atoms. The molecule has 5 rings (SSSR count). The molecule has 5 aliphatic rings. The van der Waals surface area contributed by atoms with Crippen LogP contribution in [0.5, 0.6) is 0 Å². The van der Waals surface area contributed by atoms with Gasteiger partial charge in [0.05, 0.1) is 5.41 Å². The van der Waals surface area contributed by atoms with Crippen LogP contribution in [0.15, 0.2) is 11.6 Å². The molecule has 0 aromatic heterocycles. The lowest BCUT2D eigenvalue weighted by molar-refractivity contribution is -0.148. The van der Waals surface area contributed by atoms with Gasteiger partial charge in [0.15, 0.2) is 0 Å². The fourth-order valence-corrected chi connectivity index (χ4v) is 6.97. The van der Waals surface area contributed by atoms with E-state index in [1.165, 1.54) is 24.8 Å². The maximum Gasteiger partial charge on any atom is 0.312 e. The highest BCUT2D eigenvalue weighted by atomic mass is 16.6. The minimum absolute atomic E-state index is 0.0174. The molecule has 0 radical (unpaired) electrons. The molecule has 0 bridgehead atoms. The molecular formula is C20H28O3. The second-order valence-corrected chi connectivity index (χ2v) is 9.49. The van der Waals surface area contributed by atoms with Crippen LogP contribution in [0.25, 0.3) is 0 Å². The quantitative estimate of drug-likeness (QED) is 0.419. The van der Waals surface area contributed by atoms with E-state index in [1.54, 1.807) is 0 Å². The Morgan fingerprint density at radius 1 is 1.22 bits per heavy atom. The van der Waals surface area contributed by atoms with Crippen molar-refractivity contribution in [2.75, 3.05) is 0 Å². The molecule has 2 saturated carbocycles. The summed E-state index contributed by atoms with van der Waals surface area (Å²) in [5.41, 5.74) is 1.47. The highest BCUT2D eigenvalue weighted by Crippen LogP contribution is 2.69. The lowest BCUT2D eigenvalue weighted by Crippen LogP contribution is -2.54. The van der Waals surface area contributed by atoms with Crippen molar-refractivity contribution in [1.82, 2.24) is 0 Å². The number of hydrogen-bond acceptors (Lipinski definition) is 3. The standard InChI is InChI=1S/C20H28O3/c1-11(2)20-9-6-13-12(16(20)23-20)10-14-15-18(13,3)7-5-8-19(15,4)17(21)22-14/h10-11,13-16H,5-9H2,1-4H3/t13-,14-,15+,16-,18+,19+,20-/m0/s1. The number of carbonyl (C=O) groups excluding carboxylic acids is 1. The van der Waals surface area contributed by atoms with E-state index in [0.29, 0.717) is 17.8 Å². The van der Waals surface area contributed by atoms with Gasteiger partial charge in [-0.2, -0.15) is 0 Å². The second-order valence-electron chi connectivity index (χ2n) is 9.49. The van der Waals surface area contributed by atoms with Gasteiger partial charge in [0.25, 0.3) is 0 Å². The summed E-state index contributed by atoms with van der Waals surface area (Å²) >= 11 is 0. The monoisotopic (exact) mass is 316 g/mol. The number of fused-ring (bicyclic) bond motifs is 4. The summed E-state index contributed by atoms with van der Waals surface area (Å²) in [5, 5.41) is 0. The van der Waals surface area contributed by atoms with Gasteiger partial charge in [0.1, 0.15) is 17.8 Å². The molecule has 3 nitrogen and oxygen atoms in total. The van der Waals surface area contributed by atoms with Crippen LogP contribution < -0.4 is 0 Å². The second kappa shape index (κ2) is 4.04. The average Bonchev–Trinajstić information content (AvgIpc) is 3.17. The molecule has 3 aliphatic carbocycles. The topological polar surface area (TPSA) is 38.8 Å². The number of esters is 1. The van der Waals surface area contributed by atoms with Crippen LogP contribution in [0.2, 0.25) is 0 Å². The van der Waals surface area contributed by atoms with Crippen LogP contribution in [0.3, 0.4) is 0 Å². The Morgan fingerprint density at radius 3 is 2.74 bits per heavy atom. The summed E-state index contributed by atoms with van der Waals surface area (Å²) < 4.78 is 12.2. The van der Waals surface area contributed by atoms with Crippen LogP contribution in [0, 0.1) is 28.6 Å². The van der Waals surface area contributed by atoms with E-state index in [2.05, 4.69) is 33.8 Å². The minimum Gasteiger partial charge on any atom is -0.457 e. The third kappa shape index (κ3) is 1.49. The van der Waals surface area contributed by atoms with Crippen molar-refractivity contribution in [1.29, 1.82) is 0 Å². The van der Waals surface area contributed by atoms with E-state index in [4.69, 9.17) is 9.47 Å². The molecule has 3 heteroatoms. The first-order valence-corrected chi connectivity index (χ1v) is 9.43. The van der Waals surface area contributed by atoms with Gasteiger partial charge in [0.2, 0.25) is 0 Å². The summed E-state index contributed by atoms with van der Waals surface area (Å²) in [6.07, 6.45) is 8.33. The summed E-state index contributed by atoms with van der Waals surface area (Å²) in [6, 6.07) is 0. The number of ether oxygens (including phenoxy) is 2. The van der Waals surface area contributed by atoms with Crippen molar-refractivity contribution >= 4 is 5.97 Å². The van der Waals surface area contributed by atoms with E-state index in [9.17, 15) is 4.79 Å². The van der Waals surface area contributed by atoms with Crippen molar-refractivity contribution in [3.8, 4) is 0 Å². The van der Waals surface area contributed by atoms with Gasteiger partial charge in [-0.25, -0.2) is 0 Å². The summed E-state index contributed by atoms with van der Waals surface area (Å²) in [5.74, 6) is 1.54. The SMILES string of the molecule is CC(C)[C@@]12CC[C@H]3C(=C[C@@H]4OC(=O)[C@]5(C)CCC[C@@]3(C)[C@@H]45)[C@@H]1O2. The fraction of sp³-hybridized carbons (Fsp3) is 0.850. The smallest absolute Gasteiger partial charge is 0.312 e. The molecule has 0 amide bonds. The van der Waals surface area contributed by atoms with Gasteiger partial charge in [-0.05, 0) is 61.5 Å². The van der Waals surface area contributed by atoms with Gasteiger partial charge >= 0.3 is 5.97 Å². The van der Waals surface area contributed by atoms with E-state index in [-0.39, 0.29) is 34.6 Å². The third-order valence-electron chi connectivity index (χ3n) is 8.23. The Kier molecular flexibility index (Phi) is 2.55. The number of carbonyl (C=O) groups is 1. The Bertz CT molecular complexity index is 622. The Labute approximate surface area is 138 Å². The summed E-state index contributed by atoms with van der Waals surface area (Å²) in [7, 11) is 0. The molecule has 7 atom stereocenters.